The normalized spacial score (nSPS) is 12.9. The second-order valence-corrected chi connectivity index (χ2v) is 5.13. The second-order valence-electron chi connectivity index (χ2n) is 3.31. The lowest BCUT2D eigenvalue weighted by Gasteiger charge is -2.12. The van der Waals surface area contributed by atoms with Crippen LogP contribution in [0.2, 0.25) is 0 Å². The van der Waals surface area contributed by atoms with E-state index in [1.165, 1.54) is 0 Å². The molecule has 1 rings (SSSR count). The Hall–Kier alpha value is -0.490. The van der Waals surface area contributed by atoms with Crippen molar-refractivity contribution >= 4 is 23.4 Å². The molecule has 0 saturated heterocycles. The highest BCUT2D eigenvalue weighted by atomic mass is 35.5. The first-order chi connectivity index (χ1) is 7.90. The van der Waals surface area contributed by atoms with Crippen molar-refractivity contribution in [3.05, 3.63) is 29.1 Å². The average molecular weight is 291 g/mol. The lowest BCUT2D eigenvalue weighted by Crippen LogP contribution is -2.06. The fourth-order valence-electron chi connectivity index (χ4n) is 1.10. The quantitative estimate of drug-likeness (QED) is 0.259. The number of hydrogen-bond acceptors (Lipinski definition) is 1. The Balaban J connectivity index is 3.16. The Bertz CT molecular complexity index is 395. The highest BCUT2D eigenvalue weighted by Gasteiger charge is 2.26. The molecule has 0 fully saturated rings. The van der Waals surface area contributed by atoms with Gasteiger partial charge in [0.05, 0.1) is 4.90 Å². The van der Waals surface area contributed by atoms with Crippen molar-refractivity contribution in [1.29, 1.82) is 0 Å². The molecule has 0 saturated carbocycles. The van der Waals surface area contributed by atoms with Gasteiger partial charge in [-0.1, -0.05) is 6.92 Å². The van der Waals surface area contributed by atoms with Crippen molar-refractivity contribution in [2.75, 3.05) is 5.88 Å². The zero-order valence-corrected chi connectivity index (χ0v) is 10.2. The van der Waals surface area contributed by atoms with Crippen LogP contribution in [0.25, 0.3) is 0 Å². The van der Waals surface area contributed by atoms with E-state index in [1.807, 2.05) is 0 Å². The minimum atomic E-state index is -2.14. The number of rotatable bonds is 4. The molecule has 0 aliphatic heterocycles. The van der Waals surface area contributed by atoms with E-state index < -0.39 is 34.0 Å². The first kappa shape index (κ1) is 14.6. The fourth-order valence-corrected chi connectivity index (χ4v) is 2.58. The number of hydrogen-bond donors (Lipinski definition) is 0. The second kappa shape index (κ2) is 5.91. The van der Waals surface area contributed by atoms with Crippen molar-refractivity contribution in [3.8, 4) is 0 Å². The van der Waals surface area contributed by atoms with Gasteiger partial charge in [0.2, 0.25) is 5.82 Å². The number of halogens is 6. The molecule has 1 atom stereocenters. The monoisotopic (exact) mass is 290 g/mol. The van der Waals surface area contributed by atoms with Gasteiger partial charge < -0.3 is 0 Å². The maximum Gasteiger partial charge on any atom is 0.200 e. The highest BCUT2D eigenvalue weighted by Crippen LogP contribution is 2.34. The largest absolute Gasteiger partial charge is 0.202 e. The van der Waals surface area contributed by atoms with Gasteiger partial charge in [-0.2, -0.15) is 0 Å². The van der Waals surface area contributed by atoms with Crippen LogP contribution in [-0.4, -0.2) is 11.1 Å². The summed E-state index contributed by atoms with van der Waals surface area (Å²) >= 11 is 6.00. The molecule has 0 radical (unpaired) electrons. The Labute approximate surface area is 104 Å². The van der Waals surface area contributed by atoms with Gasteiger partial charge in [-0.25, -0.2) is 22.0 Å². The Morgan fingerprint density at radius 2 is 1.35 bits per heavy atom. The van der Waals surface area contributed by atoms with Gasteiger partial charge in [-0.05, 0) is 6.42 Å². The van der Waals surface area contributed by atoms with E-state index in [9.17, 15) is 22.0 Å². The summed E-state index contributed by atoms with van der Waals surface area (Å²) in [5.41, 5.74) is 0. The molecule has 1 aromatic rings. The zero-order valence-electron chi connectivity index (χ0n) is 8.67. The number of thioether (sulfide) groups is 1. The SMILES string of the molecule is CC(CCCl)Sc1c(F)c(F)c(F)c(F)c1F. The van der Waals surface area contributed by atoms with Crippen molar-refractivity contribution in [3.63, 3.8) is 0 Å². The van der Waals surface area contributed by atoms with Crippen LogP contribution in [0, 0.1) is 29.1 Å². The summed E-state index contributed by atoms with van der Waals surface area (Å²) < 4.78 is 64.9. The summed E-state index contributed by atoms with van der Waals surface area (Å²) in [6.07, 6.45) is 0.395. The molecule has 0 aromatic heterocycles. The molecule has 0 heterocycles. The van der Waals surface area contributed by atoms with Crippen LogP contribution in [0.1, 0.15) is 13.3 Å². The third-order valence-electron chi connectivity index (χ3n) is 2.00. The summed E-state index contributed by atoms with van der Waals surface area (Å²) in [4.78, 5) is -0.862. The first-order valence-corrected chi connectivity index (χ1v) is 6.05. The maximum atomic E-state index is 13.2. The molecule has 1 aromatic carbocycles. The minimum absolute atomic E-state index is 0.240. The van der Waals surface area contributed by atoms with E-state index in [4.69, 9.17) is 11.6 Å². The predicted molar refractivity (Wildman–Crippen MR) is 56.9 cm³/mol. The van der Waals surface area contributed by atoms with Crippen LogP contribution in [0.4, 0.5) is 22.0 Å². The molecule has 0 aliphatic carbocycles. The maximum absolute atomic E-state index is 13.2. The molecule has 96 valence electrons. The predicted octanol–water partition coefficient (Wildman–Crippen LogP) is 4.49. The summed E-state index contributed by atoms with van der Waals surface area (Å²) in [5, 5.41) is -0.347. The van der Waals surface area contributed by atoms with Gasteiger partial charge in [0.25, 0.3) is 0 Å². The highest BCUT2D eigenvalue weighted by molar-refractivity contribution is 8.00. The van der Waals surface area contributed by atoms with Crippen LogP contribution in [0.15, 0.2) is 4.90 Å². The Morgan fingerprint density at radius 3 is 1.76 bits per heavy atom. The van der Waals surface area contributed by atoms with Crippen molar-refractivity contribution in [2.45, 2.75) is 23.5 Å². The van der Waals surface area contributed by atoms with Crippen molar-refractivity contribution in [1.82, 2.24) is 0 Å². The molecule has 0 amide bonds. The molecule has 0 aliphatic rings. The van der Waals surface area contributed by atoms with E-state index in [2.05, 4.69) is 0 Å². The molecule has 0 spiro atoms. The fraction of sp³-hybridized carbons (Fsp3) is 0.400. The Morgan fingerprint density at radius 1 is 0.941 bits per heavy atom. The summed E-state index contributed by atoms with van der Waals surface area (Å²) in [6, 6.07) is 0. The van der Waals surface area contributed by atoms with Crippen molar-refractivity contribution in [2.24, 2.45) is 0 Å². The van der Waals surface area contributed by atoms with Gasteiger partial charge in [-0.15, -0.1) is 23.4 Å². The molecule has 0 bridgehead atoms. The summed E-state index contributed by atoms with van der Waals surface area (Å²) in [5.74, 6) is -9.35. The minimum Gasteiger partial charge on any atom is -0.202 e. The topological polar surface area (TPSA) is 0 Å². The third-order valence-corrected chi connectivity index (χ3v) is 3.45. The number of alkyl halides is 1. The van der Waals surface area contributed by atoms with E-state index in [-0.39, 0.29) is 11.1 Å². The van der Waals surface area contributed by atoms with E-state index in [0.717, 1.165) is 0 Å². The van der Waals surface area contributed by atoms with Gasteiger partial charge >= 0.3 is 0 Å². The van der Waals surface area contributed by atoms with E-state index in [0.29, 0.717) is 18.2 Å². The zero-order chi connectivity index (χ0) is 13.2. The van der Waals surface area contributed by atoms with Gasteiger partial charge in [-0.3, -0.25) is 0 Å². The smallest absolute Gasteiger partial charge is 0.200 e. The molecular weight excluding hydrogens is 283 g/mol. The first-order valence-electron chi connectivity index (χ1n) is 4.64. The summed E-state index contributed by atoms with van der Waals surface area (Å²) in [6.45, 7) is 1.59. The van der Waals surface area contributed by atoms with Gasteiger partial charge in [0, 0.05) is 11.1 Å². The molecule has 7 heteroatoms. The molecular formula is C10H8ClF5S. The van der Waals surface area contributed by atoms with Crippen LogP contribution in [-0.2, 0) is 0 Å². The lowest BCUT2D eigenvalue weighted by atomic mass is 10.3. The van der Waals surface area contributed by atoms with Crippen molar-refractivity contribution < 1.29 is 22.0 Å². The van der Waals surface area contributed by atoms with Crippen LogP contribution >= 0.6 is 23.4 Å². The molecule has 1 unspecified atom stereocenters. The lowest BCUT2D eigenvalue weighted by molar-refractivity contribution is 0.360. The van der Waals surface area contributed by atoms with Gasteiger partial charge in [0.1, 0.15) is 0 Å². The van der Waals surface area contributed by atoms with Crippen LogP contribution in [0.3, 0.4) is 0 Å². The molecule has 17 heavy (non-hydrogen) atoms. The van der Waals surface area contributed by atoms with Gasteiger partial charge in [0.15, 0.2) is 23.3 Å². The van der Waals surface area contributed by atoms with E-state index in [1.54, 1.807) is 6.92 Å². The van der Waals surface area contributed by atoms with Crippen LogP contribution in [0.5, 0.6) is 0 Å². The molecule has 0 nitrogen and oxygen atoms in total. The average Bonchev–Trinajstić information content (AvgIpc) is 2.30. The van der Waals surface area contributed by atoms with E-state index >= 15 is 0 Å². The summed E-state index contributed by atoms with van der Waals surface area (Å²) in [7, 11) is 0. The Kier molecular flexibility index (Phi) is 5.06. The third kappa shape index (κ3) is 3.04. The van der Waals surface area contributed by atoms with Crippen LogP contribution < -0.4 is 0 Å². The number of benzene rings is 1. The molecule has 0 N–H and O–H groups in total. The standard InChI is InChI=1S/C10H8ClF5S/c1-4(2-3-11)17-10-8(15)6(13)5(12)7(14)9(10)16/h4H,2-3H2,1H3.